The number of carbonyl (C=O) groups excluding carboxylic acids is 1. The first kappa shape index (κ1) is 17.3. The van der Waals surface area contributed by atoms with Crippen LogP contribution in [0.4, 0.5) is 0 Å². The van der Waals surface area contributed by atoms with E-state index in [1.54, 1.807) is 31.4 Å². The SMILES string of the molecule is COc1cccc(C=CC(=O)c2ccc(OCCCBr)cc2)c1. The van der Waals surface area contributed by atoms with Crippen LogP contribution in [0, 0.1) is 0 Å². The Labute approximate surface area is 145 Å². The van der Waals surface area contributed by atoms with Crippen molar-refractivity contribution in [1.82, 2.24) is 0 Å². The summed E-state index contributed by atoms with van der Waals surface area (Å²) < 4.78 is 10.7. The fourth-order valence-electron chi connectivity index (χ4n) is 1.97. The van der Waals surface area contributed by atoms with Crippen LogP contribution in [-0.4, -0.2) is 24.8 Å². The van der Waals surface area contributed by atoms with Gasteiger partial charge in [0.05, 0.1) is 13.7 Å². The molecule has 0 fully saturated rings. The average Bonchev–Trinajstić information content (AvgIpc) is 2.60. The van der Waals surface area contributed by atoms with Gasteiger partial charge in [0, 0.05) is 10.9 Å². The molecular weight excluding hydrogens is 356 g/mol. The minimum atomic E-state index is -0.0418. The summed E-state index contributed by atoms with van der Waals surface area (Å²) in [5.41, 5.74) is 1.56. The predicted molar refractivity (Wildman–Crippen MR) is 96.7 cm³/mol. The van der Waals surface area contributed by atoms with E-state index in [0.29, 0.717) is 12.2 Å². The first-order valence-corrected chi connectivity index (χ1v) is 8.50. The molecule has 0 saturated carbocycles. The van der Waals surface area contributed by atoms with Crippen LogP contribution in [0.25, 0.3) is 6.08 Å². The van der Waals surface area contributed by atoms with E-state index in [4.69, 9.17) is 9.47 Å². The van der Waals surface area contributed by atoms with Crippen molar-refractivity contribution in [2.45, 2.75) is 6.42 Å². The Hall–Kier alpha value is -2.07. The van der Waals surface area contributed by atoms with E-state index in [9.17, 15) is 4.79 Å². The second-order valence-corrected chi connectivity index (χ2v) is 5.68. The molecule has 0 spiro atoms. The number of hydrogen-bond donors (Lipinski definition) is 0. The zero-order valence-electron chi connectivity index (χ0n) is 13.0. The third kappa shape index (κ3) is 5.57. The van der Waals surface area contributed by atoms with Gasteiger partial charge in [0.2, 0.25) is 0 Å². The summed E-state index contributed by atoms with van der Waals surface area (Å²) in [6.07, 6.45) is 4.30. The van der Waals surface area contributed by atoms with Crippen LogP contribution in [0.1, 0.15) is 22.3 Å². The van der Waals surface area contributed by atoms with Gasteiger partial charge in [-0.2, -0.15) is 0 Å². The Balaban J connectivity index is 1.98. The summed E-state index contributed by atoms with van der Waals surface area (Å²) in [5, 5.41) is 0.915. The van der Waals surface area contributed by atoms with Gasteiger partial charge in [0.25, 0.3) is 0 Å². The zero-order chi connectivity index (χ0) is 16.5. The smallest absolute Gasteiger partial charge is 0.185 e. The lowest BCUT2D eigenvalue weighted by Crippen LogP contribution is -1.99. The Bertz CT molecular complexity index is 663. The molecule has 2 aromatic carbocycles. The van der Waals surface area contributed by atoms with Gasteiger partial charge in [-0.1, -0.05) is 34.1 Å². The van der Waals surface area contributed by atoms with Gasteiger partial charge in [-0.15, -0.1) is 0 Å². The largest absolute Gasteiger partial charge is 0.497 e. The van der Waals surface area contributed by atoms with Crippen LogP contribution >= 0.6 is 15.9 Å². The zero-order valence-corrected chi connectivity index (χ0v) is 14.6. The summed E-state index contributed by atoms with van der Waals surface area (Å²) >= 11 is 3.36. The summed E-state index contributed by atoms with van der Waals surface area (Å²) in [6, 6.07) is 14.8. The molecule has 0 heterocycles. The topological polar surface area (TPSA) is 35.5 Å². The second kappa shape index (κ2) is 9.16. The van der Waals surface area contributed by atoms with Crippen molar-refractivity contribution in [2.75, 3.05) is 19.0 Å². The molecule has 0 aliphatic carbocycles. The number of allylic oxidation sites excluding steroid dienone is 1. The Morgan fingerprint density at radius 2 is 1.91 bits per heavy atom. The third-order valence-corrected chi connectivity index (χ3v) is 3.77. The standard InChI is InChI=1S/C19H19BrO3/c1-22-18-5-2-4-15(14-18)6-11-19(21)16-7-9-17(10-8-16)23-13-3-12-20/h2,4-11,14H,3,12-13H2,1H3. The first-order valence-electron chi connectivity index (χ1n) is 7.38. The van der Waals surface area contributed by atoms with Crippen LogP contribution in [0.2, 0.25) is 0 Å². The Morgan fingerprint density at radius 1 is 1.13 bits per heavy atom. The number of methoxy groups -OCH3 is 1. The van der Waals surface area contributed by atoms with E-state index in [1.165, 1.54) is 0 Å². The highest BCUT2D eigenvalue weighted by Crippen LogP contribution is 2.16. The maximum Gasteiger partial charge on any atom is 0.185 e. The van der Waals surface area contributed by atoms with Gasteiger partial charge < -0.3 is 9.47 Å². The third-order valence-electron chi connectivity index (χ3n) is 3.21. The van der Waals surface area contributed by atoms with Crippen molar-refractivity contribution in [3.63, 3.8) is 0 Å². The number of benzene rings is 2. The van der Waals surface area contributed by atoms with Gasteiger partial charge in [-0.3, -0.25) is 4.79 Å². The molecule has 0 aliphatic rings. The van der Waals surface area contributed by atoms with E-state index in [0.717, 1.165) is 28.8 Å². The van der Waals surface area contributed by atoms with Crippen molar-refractivity contribution in [2.24, 2.45) is 0 Å². The van der Waals surface area contributed by atoms with E-state index in [1.807, 2.05) is 36.4 Å². The van der Waals surface area contributed by atoms with Gasteiger partial charge in [-0.05, 0) is 54.5 Å². The molecule has 2 rings (SSSR count). The van der Waals surface area contributed by atoms with Crippen LogP contribution in [0.3, 0.4) is 0 Å². The fourth-order valence-corrected chi connectivity index (χ4v) is 2.20. The minimum absolute atomic E-state index is 0.0418. The lowest BCUT2D eigenvalue weighted by Gasteiger charge is -2.05. The molecule has 2 aromatic rings. The molecule has 0 saturated heterocycles. The predicted octanol–water partition coefficient (Wildman–Crippen LogP) is 4.76. The quantitative estimate of drug-likeness (QED) is 0.289. The molecule has 0 atom stereocenters. The normalized spacial score (nSPS) is 10.7. The first-order chi connectivity index (χ1) is 11.2. The Kier molecular flexibility index (Phi) is 6.88. The van der Waals surface area contributed by atoms with Crippen LogP contribution in [-0.2, 0) is 0 Å². The molecule has 4 heteroatoms. The van der Waals surface area contributed by atoms with Crippen LogP contribution in [0.15, 0.2) is 54.6 Å². The second-order valence-electron chi connectivity index (χ2n) is 4.89. The van der Waals surface area contributed by atoms with Crippen molar-refractivity contribution in [3.05, 3.63) is 65.7 Å². The Morgan fingerprint density at radius 3 is 2.61 bits per heavy atom. The van der Waals surface area contributed by atoms with Crippen molar-refractivity contribution < 1.29 is 14.3 Å². The highest BCUT2D eigenvalue weighted by atomic mass is 79.9. The number of ketones is 1. The van der Waals surface area contributed by atoms with E-state index < -0.39 is 0 Å². The number of ether oxygens (including phenoxy) is 2. The lowest BCUT2D eigenvalue weighted by atomic mass is 10.1. The lowest BCUT2D eigenvalue weighted by molar-refractivity contribution is 0.104. The highest BCUT2D eigenvalue weighted by Gasteiger charge is 2.02. The molecule has 0 aromatic heterocycles. The molecule has 0 unspecified atom stereocenters. The van der Waals surface area contributed by atoms with Crippen molar-refractivity contribution >= 4 is 27.8 Å². The maximum absolute atomic E-state index is 12.2. The van der Waals surface area contributed by atoms with Crippen LogP contribution in [0.5, 0.6) is 11.5 Å². The molecule has 23 heavy (non-hydrogen) atoms. The number of rotatable bonds is 8. The van der Waals surface area contributed by atoms with E-state index in [2.05, 4.69) is 15.9 Å². The summed E-state index contributed by atoms with van der Waals surface area (Å²) in [7, 11) is 1.62. The highest BCUT2D eigenvalue weighted by molar-refractivity contribution is 9.09. The number of alkyl halides is 1. The molecule has 120 valence electrons. The van der Waals surface area contributed by atoms with Gasteiger partial charge in [0.1, 0.15) is 11.5 Å². The van der Waals surface area contributed by atoms with Gasteiger partial charge in [-0.25, -0.2) is 0 Å². The molecule has 0 N–H and O–H groups in total. The minimum Gasteiger partial charge on any atom is -0.497 e. The molecular formula is C19H19BrO3. The fraction of sp³-hybridized carbons (Fsp3) is 0.211. The van der Waals surface area contributed by atoms with Crippen LogP contribution < -0.4 is 9.47 Å². The molecule has 0 amide bonds. The van der Waals surface area contributed by atoms with Crippen molar-refractivity contribution in [3.8, 4) is 11.5 Å². The molecule has 0 radical (unpaired) electrons. The van der Waals surface area contributed by atoms with Crippen molar-refractivity contribution in [1.29, 1.82) is 0 Å². The van der Waals surface area contributed by atoms with E-state index >= 15 is 0 Å². The molecule has 0 aliphatic heterocycles. The average molecular weight is 375 g/mol. The summed E-state index contributed by atoms with van der Waals surface area (Å²) in [4.78, 5) is 12.2. The summed E-state index contributed by atoms with van der Waals surface area (Å²) in [5.74, 6) is 1.50. The number of hydrogen-bond acceptors (Lipinski definition) is 3. The van der Waals surface area contributed by atoms with Gasteiger partial charge in [0.15, 0.2) is 5.78 Å². The number of halogens is 1. The maximum atomic E-state index is 12.2. The molecule has 3 nitrogen and oxygen atoms in total. The summed E-state index contributed by atoms with van der Waals surface area (Å²) in [6.45, 7) is 0.661. The van der Waals surface area contributed by atoms with Gasteiger partial charge >= 0.3 is 0 Å². The number of carbonyl (C=O) groups is 1. The molecule has 0 bridgehead atoms. The monoisotopic (exact) mass is 374 g/mol. The van der Waals surface area contributed by atoms with E-state index in [-0.39, 0.29) is 5.78 Å².